The van der Waals surface area contributed by atoms with Crippen molar-refractivity contribution in [2.24, 2.45) is 0 Å². The maximum Gasteiger partial charge on any atom is 0.338 e. The van der Waals surface area contributed by atoms with Crippen molar-refractivity contribution in [1.29, 1.82) is 0 Å². The van der Waals surface area contributed by atoms with Gasteiger partial charge in [-0.05, 0) is 51.0 Å². The molecule has 0 atom stereocenters. The summed E-state index contributed by atoms with van der Waals surface area (Å²) >= 11 is 0. The van der Waals surface area contributed by atoms with Crippen LogP contribution in [-0.4, -0.2) is 58.7 Å². The summed E-state index contributed by atoms with van der Waals surface area (Å²) in [4.78, 5) is 25.0. The van der Waals surface area contributed by atoms with Gasteiger partial charge in [0.25, 0.3) is 0 Å². The molecule has 0 aliphatic heterocycles. The van der Waals surface area contributed by atoms with E-state index in [1.807, 2.05) is 19.9 Å². The topological polar surface area (TPSA) is 113 Å². The van der Waals surface area contributed by atoms with Gasteiger partial charge in [0.2, 0.25) is 15.8 Å². The number of carbonyl (C=O) groups excluding carboxylic acids is 2. The monoisotopic (exact) mass is 464 g/mol. The van der Waals surface area contributed by atoms with Gasteiger partial charge >= 0.3 is 5.97 Å². The zero-order valence-electron chi connectivity index (χ0n) is 18.6. The van der Waals surface area contributed by atoms with Crippen LogP contribution in [0.2, 0.25) is 0 Å². The number of Topliss-reactive ketones (excluding diaryl/α,β-unsaturated/α-hetero) is 1. The van der Waals surface area contributed by atoms with Crippen LogP contribution in [0.25, 0.3) is 0 Å². The molecule has 0 unspecified atom stereocenters. The van der Waals surface area contributed by atoms with Crippen molar-refractivity contribution in [3.05, 3.63) is 46.8 Å². The number of ether oxygens (including phenoxy) is 3. The van der Waals surface area contributed by atoms with Crippen LogP contribution in [0.3, 0.4) is 0 Å². The lowest BCUT2D eigenvalue weighted by Crippen LogP contribution is -2.27. The number of hydrogen-bond acceptors (Lipinski definition) is 7. The summed E-state index contributed by atoms with van der Waals surface area (Å²) in [7, 11) is -1.16. The van der Waals surface area contributed by atoms with Crippen molar-refractivity contribution in [2.75, 3.05) is 34.0 Å². The molecule has 2 aromatic rings. The van der Waals surface area contributed by atoms with E-state index in [0.717, 1.165) is 24.2 Å². The van der Waals surface area contributed by atoms with Crippen molar-refractivity contribution in [3.63, 3.8) is 0 Å². The Kier molecular flexibility index (Phi) is 7.37. The first-order chi connectivity index (χ1) is 15.2. The second-order valence-electron chi connectivity index (χ2n) is 7.64. The van der Waals surface area contributed by atoms with E-state index in [1.54, 1.807) is 0 Å². The Morgan fingerprint density at radius 1 is 1.16 bits per heavy atom. The van der Waals surface area contributed by atoms with Crippen LogP contribution in [0.5, 0.6) is 5.75 Å². The molecule has 3 rings (SSSR count). The van der Waals surface area contributed by atoms with E-state index in [0.29, 0.717) is 11.6 Å². The van der Waals surface area contributed by atoms with Crippen LogP contribution in [-0.2, 0) is 19.5 Å². The van der Waals surface area contributed by atoms with E-state index < -0.39 is 22.6 Å². The number of ketones is 1. The highest BCUT2D eigenvalue weighted by molar-refractivity contribution is 7.89. The summed E-state index contributed by atoms with van der Waals surface area (Å²) in [6, 6.07) is 6.18. The normalized spacial score (nSPS) is 13.8. The standard InChI is InChI=1S/C22H28N2O7S/c1-14-11-18(15(2)24(14)17-6-7-17)19(25)13-31-22(26)16-5-8-20(30-4)21(12-16)32(27,28)23-9-10-29-3/h5,8,11-12,17,23H,6-7,9-10,13H2,1-4H3. The van der Waals surface area contributed by atoms with Gasteiger partial charge in [0.05, 0.1) is 19.3 Å². The van der Waals surface area contributed by atoms with Gasteiger partial charge in [-0.15, -0.1) is 0 Å². The van der Waals surface area contributed by atoms with Gasteiger partial charge in [-0.1, -0.05) is 0 Å². The molecular formula is C22H28N2O7S. The van der Waals surface area contributed by atoms with Crippen LogP contribution in [0.1, 0.15) is 51.0 Å². The lowest BCUT2D eigenvalue weighted by Gasteiger charge is -2.12. The first kappa shape index (κ1) is 24.0. The first-order valence-corrected chi connectivity index (χ1v) is 11.7. The van der Waals surface area contributed by atoms with E-state index in [1.165, 1.54) is 32.4 Å². The van der Waals surface area contributed by atoms with E-state index in [4.69, 9.17) is 14.2 Å². The molecule has 0 radical (unpaired) electrons. The second kappa shape index (κ2) is 9.85. The lowest BCUT2D eigenvalue weighted by atomic mass is 10.1. The van der Waals surface area contributed by atoms with Crippen molar-refractivity contribution in [3.8, 4) is 5.75 Å². The third-order valence-electron chi connectivity index (χ3n) is 5.32. The van der Waals surface area contributed by atoms with E-state index in [-0.39, 0.29) is 35.1 Å². The molecule has 1 aromatic carbocycles. The molecule has 1 N–H and O–H groups in total. The van der Waals surface area contributed by atoms with Gasteiger partial charge < -0.3 is 18.8 Å². The largest absolute Gasteiger partial charge is 0.495 e. The molecule has 1 aliphatic carbocycles. The van der Waals surface area contributed by atoms with Crippen molar-refractivity contribution >= 4 is 21.8 Å². The van der Waals surface area contributed by atoms with E-state index >= 15 is 0 Å². The highest BCUT2D eigenvalue weighted by Crippen LogP contribution is 2.38. The molecule has 0 amide bonds. The van der Waals surface area contributed by atoms with E-state index in [2.05, 4.69) is 9.29 Å². The molecule has 0 spiro atoms. The molecule has 0 saturated heterocycles. The number of rotatable bonds is 11. The molecule has 9 nitrogen and oxygen atoms in total. The minimum Gasteiger partial charge on any atom is -0.495 e. The van der Waals surface area contributed by atoms with Crippen LogP contribution in [0, 0.1) is 13.8 Å². The first-order valence-electron chi connectivity index (χ1n) is 10.2. The number of hydrogen-bond donors (Lipinski definition) is 1. The third-order valence-corrected chi connectivity index (χ3v) is 6.80. The second-order valence-corrected chi connectivity index (χ2v) is 9.38. The Morgan fingerprint density at radius 2 is 1.88 bits per heavy atom. The fourth-order valence-electron chi connectivity index (χ4n) is 3.62. The number of benzene rings is 1. The number of nitrogens with zero attached hydrogens (tertiary/aromatic N) is 1. The summed E-state index contributed by atoms with van der Waals surface area (Å²) < 4.78 is 44.9. The zero-order valence-corrected chi connectivity index (χ0v) is 19.5. The molecule has 10 heteroatoms. The summed E-state index contributed by atoms with van der Waals surface area (Å²) in [6.07, 6.45) is 2.20. The molecule has 32 heavy (non-hydrogen) atoms. The fourth-order valence-corrected chi connectivity index (χ4v) is 4.82. The molecule has 1 fully saturated rings. The van der Waals surface area contributed by atoms with Crippen molar-refractivity contribution < 1.29 is 32.2 Å². The number of nitrogens with one attached hydrogen (secondary N) is 1. The minimum atomic E-state index is -3.95. The summed E-state index contributed by atoms with van der Waals surface area (Å²) in [6.45, 7) is 3.65. The molecular weight excluding hydrogens is 436 g/mol. The minimum absolute atomic E-state index is 0.00540. The number of aryl methyl sites for hydroxylation is 1. The predicted molar refractivity (Wildman–Crippen MR) is 117 cm³/mol. The van der Waals surface area contributed by atoms with Crippen molar-refractivity contribution in [1.82, 2.24) is 9.29 Å². The maximum atomic E-state index is 12.7. The Hall–Kier alpha value is -2.69. The third kappa shape index (κ3) is 5.20. The van der Waals surface area contributed by atoms with E-state index in [9.17, 15) is 18.0 Å². The van der Waals surface area contributed by atoms with Crippen LogP contribution in [0.4, 0.5) is 0 Å². The van der Waals surface area contributed by atoms with Gasteiger partial charge in [-0.2, -0.15) is 0 Å². The maximum absolute atomic E-state index is 12.7. The Morgan fingerprint density at radius 3 is 2.50 bits per heavy atom. The highest BCUT2D eigenvalue weighted by atomic mass is 32.2. The van der Waals surface area contributed by atoms with Gasteiger partial charge in [0, 0.05) is 36.6 Å². The van der Waals surface area contributed by atoms with Crippen LogP contribution >= 0.6 is 0 Å². The molecule has 1 saturated carbocycles. The molecule has 1 aliphatic rings. The molecule has 1 heterocycles. The number of aromatic nitrogens is 1. The molecule has 1 aromatic heterocycles. The van der Waals surface area contributed by atoms with Gasteiger partial charge in [-0.25, -0.2) is 17.9 Å². The lowest BCUT2D eigenvalue weighted by molar-refractivity contribution is 0.0474. The quantitative estimate of drug-likeness (QED) is 0.309. The number of sulfonamides is 1. The number of esters is 1. The summed E-state index contributed by atoms with van der Waals surface area (Å²) in [5.74, 6) is -1.03. The average Bonchev–Trinajstić information content (AvgIpc) is 3.55. The van der Waals surface area contributed by atoms with Gasteiger partial charge in [-0.3, -0.25) is 4.79 Å². The Balaban J connectivity index is 1.72. The van der Waals surface area contributed by atoms with Gasteiger partial charge in [0.1, 0.15) is 10.6 Å². The van der Waals surface area contributed by atoms with Crippen LogP contribution in [0.15, 0.2) is 29.2 Å². The molecule has 0 bridgehead atoms. The Bertz CT molecular complexity index is 1120. The van der Waals surface area contributed by atoms with Crippen LogP contribution < -0.4 is 9.46 Å². The predicted octanol–water partition coefficient (Wildman–Crippen LogP) is 2.41. The van der Waals surface area contributed by atoms with Gasteiger partial charge in [0.15, 0.2) is 6.61 Å². The Labute approximate surface area is 187 Å². The number of methoxy groups -OCH3 is 2. The number of carbonyl (C=O) groups is 2. The SMILES string of the molecule is COCCNS(=O)(=O)c1cc(C(=O)OCC(=O)c2cc(C)n(C3CC3)c2C)ccc1OC. The summed E-state index contributed by atoms with van der Waals surface area (Å²) in [5, 5.41) is 0. The van der Waals surface area contributed by atoms with Crippen molar-refractivity contribution in [2.45, 2.75) is 37.6 Å². The zero-order chi connectivity index (χ0) is 23.5. The summed E-state index contributed by atoms with van der Waals surface area (Å²) in [5.41, 5.74) is 2.40. The highest BCUT2D eigenvalue weighted by Gasteiger charge is 2.29. The molecule has 174 valence electrons. The fraction of sp³-hybridized carbons (Fsp3) is 0.455. The smallest absolute Gasteiger partial charge is 0.338 e. The average molecular weight is 465 g/mol.